The van der Waals surface area contributed by atoms with Crippen LogP contribution in [0.5, 0.6) is 5.75 Å². The maximum atomic E-state index is 12.2. The molecule has 0 aliphatic carbocycles. The summed E-state index contributed by atoms with van der Waals surface area (Å²) < 4.78 is 5.89. The molecule has 23 heavy (non-hydrogen) atoms. The first-order valence-electron chi connectivity index (χ1n) is 7.28. The molecular weight excluding hydrogens is 296 g/mol. The number of tetrazole rings is 1. The molecule has 0 amide bonds. The number of para-hydroxylation sites is 1. The zero-order valence-electron chi connectivity index (χ0n) is 12.8. The molecule has 118 valence electrons. The fourth-order valence-corrected chi connectivity index (χ4v) is 2.03. The smallest absolute Gasteiger partial charge is 0.262 e. The van der Waals surface area contributed by atoms with E-state index in [9.17, 15) is 4.79 Å². The van der Waals surface area contributed by atoms with Crippen LogP contribution in [0.4, 0.5) is 0 Å². The Labute approximate surface area is 131 Å². The van der Waals surface area contributed by atoms with E-state index in [0.29, 0.717) is 11.6 Å². The maximum Gasteiger partial charge on any atom is 0.262 e. The van der Waals surface area contributed by atoms with Gasteiger partial charge in [-0.15, -0.1) is 10.2 Å². The van der Waals surface area contributed by atoms with E-state index < -0.39 is 0 Å². The third kappa shape index (κ3) is 3.10. The van der Waals surface area contributed by atoms with E-state index in [0.717, 1.165) is 12.0 Å². The lowest BCUT2D eigenvalue weighted by Gasteiger charge is -2.15. The molecule has 2 aromatic heterocycles. The van der Waals surface area contributed by atoms with Gasteiger partial charge in [-0.25, -0.2) is 4.98 Å². The second-order valence-electron chi connectivity index (χ2n) is 5.04. The van der Waals surface area contributed by atoms with Crippen LogP contribution in [0.25, 0.3) is 22.8 Å². The molecule has 0 aliphatic rings. The van der Waals surface area contributed by atoms with E-state index in [-0.39, 0.29) is 23.1 Å². The zero-order chi connectivity index (χ0) is 16.2. The van der Waals surface area contributed by atoms with Crippen molar-refractivity contribution in [1.82, 2.24) is 30.6 Å². The molecule has 2 N–H and O–H groups in total. The van der Waals surface area contributed by atoms with Crippen molar-refractivity contribution in [3.05, 3.63) is 40.8 Å². The average molecular weight is 312 g/mol. The third-order valence-corrected chi connectivity index (χ3v) is 3.43. The van der Waals surface area contributed by atoms with Gasteiger partial charge in [0.15, 0.2) is 0 Å². The highest BCUT2D eigenvalue weighted by Gasteiger charge is 2.14. The first-order chi connectivity index (χ1) is 11.2. The number of H-pyrrole nitrogens is 2. The molecule has 0 spiro atoms. The van der Waals surface area contributed by atoms with Crippen LogP contribution in [0.2, 0.25) is 0 Å². The van der Waals surface area contributed by atoms with Crippen LogP contribution >= 0.6 is 0 Å². The zero-order valence-corrected chi connectivity index (χ0v) is 12.8. The Bertz CT molecular complexity index is 843. The summed E-state index contributed by atoms with van der Waals surface area (Å²) >= 11 is 0. The SMILES string of the molecule is CC[C@@H](C)Oc1ccccc1-c1ncc(-c2nn[nH]n2)c(=O)[nH]1. The number of nitrogens with zero attached hydrogens (tertiary/aromatic N) is 4. The van der Waals surface area contributed by atoms with Gasteiger partial charge in [-0.1, -0.05) is 19.1 Å². The van der Waals surface area contributed by atoms with Crippen molar-refractivity contribution < 1.29 is 4.74 Å². The molecule has 0 aliphatic heterocycles. The van der Waals surface area contributed by atoms with E-state index in [4.69, 9.17) is 4.74 Å². The van der Waals surface area contributed by atoms with Gasteiger partial charge in [-0.3, -0.25) is 4.79 Å². The van der Waals surface area contributed by atoms with E-state index in [1.54, 1.807) is 0 Å². The standard InChI is InChI=1S/C15H16N6O2/c1-3-9(2)23-12-7-5-4-6-10(12)13-16-8-11(15(22)17-13)14-18-20-21-19-14/h4-9H,3H2,1-2H3,(H,16,17,22)(H,18,19,20,21)/t9-/m1/s1. The van der Waals surface area contributed by atoms with Crippen molar-refractivity contribution in [1.29, 1.82) is 0 Å². The van der Waals surface area contributed by atoms with Crippen LogP contribution in [0, 0.1) is 0 Å². The Morgan fingerprint density at radius 2 is 2.09 bits per heavy atom. The minimum absolute atomic E-state index is 0.0708. The molecule has 1 atom stereocenters. The van der Waals surface area contributed by atoms with Crippen LogP contribution in [0.15, 0.2) is 35.3 Å². The summed E-state index contributed by atoms with van der Waals surface area (Å²) in [7, 11) is 0. The maximum absolute atomic E-state index is 12.2. The molecule has 3 aromatic rings. The largest absolute Gasteiger partial charge is 0.490 e. The summed E-state index contributed by atoms with van der Waals surface area (Å²) in [6.07, 6.45) is 2.38. The predicted octanol–water partition coefficient (Wildman–Crippen LogP) is 1.79. The van der Waals surface area contributed by atoms with Gasteiger partial charge >= 0.3 is 0 Å². The minimum Gasteiger partial charge on any atom is -0.490 e. The summed E-state index contributed by atoms with van der Waals surface area (Å²) in [6.45, 7) is 4.04. The molecule has 0 fully saturated rings. The monoisotopic (exact) mass is 312 g/mol. The molecule has 0 bridgehead atoms. The van der Waals surface area contributed by atoms with Gasteiger partial charge in [0.1, 0.15) is 17.1 Å². The third-order valence-electron chi connectivity index (χ3n) is 3.43. The first kappa shape index (κ1) is 14.9. The topological polar surface area (TPSA) is 109 Å². The Morgan fingerprint density at radius 1 is 1.26 bits per heavy atom. The highest BCUT2D eigenvalue weighted by molar-refractivity contribution is 5.65. The molecule has 0 unspecified atom stereocenters. The van der Waals surface area contributed by atoms with Gasteiger partial charge in [0.25, 0.3) is 5.56 Å². The van der Waals surface area contributed by atoms with Crippen molar-refractivity contribution in [2.45, 2.75) is 26.4 Å². The molecule has 1 aromatic carbocycles. The van der Waals surface area contributed by atoms with E-state index in [1.165, 1.54) is 6.20 Å². The predicted molar refractivity (Wildman–Crippen MR) is 83.8 cm³/mol. The van der Waals surface area contributed by atoms with Gasteiger partial charge in [-0.2, -0.15) is 5.21 Å². The summed E-state index contributed by atoms with van der Waals surface area (Å²) in [4.78, 5) is 19.3. The van der Waals surface area contributed by atoms with Crippen molar-refractivity contribution in [3.63, 3.8) is 0 Å². The second kappa shape index (κ2) is 6.39. The number of aromatic amines is 2. The van der Waals surface area contributed by atoms with Crippen molar-refractivity contribution in [3.8, 4) is 28.5 Å². The normalized spacial score (nSPS) is 12.1. The fourth-order valence-electron chi connectivity index (χ4n) is 2.03. The number of nitrogens with one attached hydrogen (secondary N) is 2. The first-order valence-corrected chi connectivity index (χ1v) is 7.28. The summed E-state index contributed by atoms with van der Waals surface area (Å²) in [5.74, 6) is 1.31. The highest BCUT2D eigenvalue weighted by Crippen LogP contribution is 2.28. The van der Waals surface area contributed by atoms with E-state index in [1.807, 2.05) is 38.1 Å². The summed E-state index contributed by atoms with van der Waals surface area (Å²) in [5, 5.41) is 13.3. The molecule has 0 saturated heterocycles. The number of hydrogen-bond acceptors (Lipinski definition) is 6. The van der Waals surface area contributed by atoms with Crippen LogP contribution in [-0.2, 0) is 0 Å². The number of hydrogen-bond donors (Lipinski definition) is 2. The Hall–Kier alpha value is -3.03. The number of benzene rings is 1. The van der Waals surface area contributed by atoms with Crippen molar-refractivity contribution in [2.24, 2.45) is 0 Å². The van der Waals surface area contributed by atoms with Gasteiger partial charge in [-0.05, 0) is 30.7 Å². The minimum atomic E-state index is -0.338. The number of rotatable bonds is 5. The van der Waals surface area contributed by atoms with Crippen LogP contribution < -0.4 is 10.3 Å². The van der Waals surface area contributed by atoms with Crippen LogP contribution in [-0.4, -0.2) is 36.7 Å². The van der Waals surface area contributed by atoms with Gasteiger partial charge < -0.3 is 9.72 Å². The molecule has 2 heterocycles. The fraction of sp³-hybridized carbons (Fsp3) is 0.267. The number of aromatic nitrogens is 6. The van der Waals surface area contributed by atoms with Gasteiger partial charge in [0, 0.05) is 6.20 Å². The molecular formula is C15H16N6O2. The Morgan fingerprint density at radius 3 is 2.78 bits per heavy atom. The lowest BCUT2D eigenvalue weighted by Crippen LogP contribution is -2.14. The van der Waals surface area contributed by atoms with Crippen molar-refractivity contribution >= 4 is 0 Å². The molecule has 3 rings (SSSR count). The molecule has 8 heteroatoms. The Balaban J connectivity index is 2.00. The lowest BCUT2D eigenvalue weighted by molar-refractivity contribution is 0.218. The molecule has 8 nitrogen and oxygen atoms in total. The quantitative estimate of drug-likeness (QED) is 0.743. The average Bonchev–Trinajstić information content (AvgIpc) is 3.09. The number of ether oxygens (including phenoxy) is 1. The van der Waals surface area contributed by atoms with Crippen molar-refractivity contribution in [2.75, 3.05) is 0 Å². The molecule has 0 saturated carbocycles. The van der Waals surface area contributed by atoms with E-state index in [2.05, 4.69) is 30.6 Å². The summed E-state index contributed by atoms with van der Waals surface area (Å²) in [6, 6.07) is 7.46. The summed E-state index contributed by atoms with van der Waals surface area (Å²) in [5.41, 5.74) is 0.641. The van der Waals surface area contributed by atoms with E-state index >= 15 is 0 Å². The lowest BCUT2D eigenvalue weighted by atomic mass is 10.1. The van der Waals surface area contributed by atoms with Gasteiger partial charge in [0.2, 0.25) is 5.82 Å². The second-order valence-corrected chi connectivity index (χ2v) is 5.04. The highest BCUT2D eigenvalue weighted by atomic mass is 16.5. The van der Waals surface area contributed by atoms with Crippen LogP contribution in [0.1, 0.15) is 20.3 Å². The Kier molecular flexibility index (Phi) is 4.13. The van der Waals surface area contributed by atoms with Gasteiger partial charge in [0.05, 0.1) is 11.7 Å². The van der Waals surface area contributed by atoms with Crippen LogP contribution in [0.3, 0.4) is 0 Å². The molecule has 0 radical (unpaired) electrons.